The third-order valence-electron chi connectivity index (χ3n) is 11.1. The zero-order chi connectivity index (χ0) is 38.2. The molecule has 0 saturated heterocycles. The van der Waals surface area contributed by atoms with E-state index in [1.54, 1.807) is 0 Å². The summed E-state index contributed by atoms with van der Waals surface area (Å²) in [6.07, 6.45) is 26.0. The van der Waals surface area contributed by atoms with E-state index in [0.717, 1.165) is 9.19 Å². The first-order valence-corrected chi connectivity index (χ1v) is 23.4. The van der Waals surface area contributed by atoms with E-state index >= 15 is 0 Å². The van der Waals surface area contributed by atoms with Crippen molar-refractivity contribution in [3.05, 3.63) is 98.3 Å². The summed E-state index contributed by atoms with van der Waals surface area (Å²) in [5.41, 5.74) is 8.94. The average Bonchev–Trinajstić information content (AvgIpc) is 3.57. The molecule has 0 N–H and O–H groups in total. The van der Waals surface area contributed by atoms with E-state index in [2.05, 4.69) is 113 Å². The van der Waals surface area contributed by atoms with Crippen LogP contribution in [0, 0.1) is 3.89 Å². The normalized spacial score (nSPS) is 12.0. The number of halogens is 1. The van der Waals surface area contributed by atoms with Crippen LogP contribution in [0.2, 0.25) is 5.02 Å². The third kappa shape index (κ3) is 11.0. The molecule has 2 aromatic heterocycles. The Kier molecular flexibility index (Phi) is 18.8. The van der Waals surface area contributed by atoms with Crippen LogP contribution in [0.5, 0.6) is 0 Å². The number of hydrogen-bond donors (Lipinski definition) is 0. The molecule has 0 bridgehead atoms. The topological polar surface area (TPSA) is 22.8 Å². The van der Waals surface area contributed by atoms with Gasteiger partial charge < -0.3 is 0 Å². The van der Waals surface area contributed by atoms with Crippen LogP contribution in [0.1, 0.15) is 204 Å². The maximum absolute atomic E-state index is 7.03. The van der Waals surface area contributed by atoms with Crippen LogP contribution in [-0.2, 0) is 17.5 Å². The Bertz CT molecular complexity index is 1540. The van der Waals surface area contributed by atoms with Gasteiger partial charge in [0, 0.05) is 0 Å². The molecule has 5 heteroatoms. The van der Waals surface area contributed by atoms with Gasteiger partial charge in [-0.2, -0.15) is 0 Å². The minimum absolute atomic E-state index is 0.0114. The van der Waals surface area contributed by atoms with Gasteiger partial charge in [-0.1, -0.05) is 0 Å². The molecular formula is C48H71ClN3Pd. The fraction of sp³-hybridized carbons (Fsp3) is 0.583. The molecular weight excluding hydrogens is 760 g/mol. The van der Waals surface area contributed by atoms with Crippen LogP contribution < -0.4 is 4.17 Å². The molecule has 3 nitrogen and oxygen atoms in total. The fourth-order valence-corrected chi connectivity index (χ4v) is 11.0. The summed E-state index contributed by atoms with van der Waals surface area (Å²) in [5.74, 6) is 2.10. The molecule has 2 heterocycles. The zero-order valence-electron chi connectivity index (χ0n) is 34.5. The molecule has 0 fully saturated rings. The predicted octanol–water partition coefficient (Wildman–Crippen LogP) is 15.0. The van der Waals surface area contributed by atoms with Crippen LogP contribution in [0.4, 0.5) is 0 Å². The summed E-state index contributed by atoms with van der Waals surface area (Å²) in [7, 11) is 0. The standard InChI is InChI=1S/C43H68N2.C5H3ClN.Pd/c1-9-19-34(20-10-2)38-27-17-28-39(35(21-11-3)22-12-4)42(38)44-31-32-45(33-44)43-40(36(23-13-5)24-14-6)29-18-30-41(43)37(25-15-7)26-16-8;6-5-2-1-3-7-4-5;/h17-18,27-32,34-37H,9-16,19-26H2,1-8H3;1-3H;. The van der Waals surface area contributed by atoms with Crippen molar-refractivity contribution in [3.8, 4) is 11.4 Å². The average molecular weight is 832 g/mol. The van der Waals surface area contributed by atoms with Gasteiger partial charge in [0.1, 0.15) is 0 Å². The second-order valence-electron chi connectivity index (χ2n) is 15.3. The van der Waals surface area contributed by atoms with Gasteiger partial charge in [0.25, 0.3) is 0 Å². The van der Waals surface area contributed by atoms with E-state index < -0.39 is 0 Å². The third-order valence-corrected chi connectivity index (χ3v) is 13.7. The van der Waals surface area contributed by atoms with Gasteiger partial charge in [-0.3, -0.25) is 0 Å². The van der Waals surface area contributed by atoms with Crippen LogP contribution >= 0.6 is 11.6 Å². The van der Waals surface area contributed by atoms with E-state index in [1.807, 2.05) is 18.3 Å². The van der Waals surface area contributed by atoms with Crippen molar-refractivity contribution in [2.45, 2.75) is 182 Å². The Morgan fingerprint density at radius 2 is 0.811 bits per heavy atom. The van der Waals surface area contributed by atoms with Crippen molar-refractivity contribution in [1.82, 2.24) is 14.1 Å². The van der Waals surface area contributed by atoms with E-state index in [0.29, 0.717) is 23.7 Å². The van der Waals surface area contributed by atoms with Gasteiger partial charge >= 0.3 is 339 Å². The molecule has 4 aromatic rings. The number of rotatable bonds is 23. The first-order valence-electron chi connectivity index (χ1n) is 21.5. The van der Waals surface area contributed by atoms with Crippen LogP contribution in [0.15, 0.2) is 67.1 Å². The maximum atomic E-state index is 7.03. The van der Waals surface area contributed by atoms with Crippen molar-refractivity contribution in [2.24, 2.45) is 0 Å². The summed E-state index contributed by atoms with van der Waals surface area (Å²) >= 11 is 7.04. The Morgan fingerprint density at radius 3 is 1.09 bits per heavy atom. The molecule has 295 valence electrons. The summed E-state index contributed by atoms with van der Waals surface area (Å²) < 4.78 is 7.55. The van der Waals surface area contributed by atoms with Gasteiger partial charge in [0.15, 0.2) is 0 Å². The Balaban J connectivity index is 2.24. The van der Waals surface area contributed by atoms with Gasteiger partial charge in [0.2, 0.25) is 0 Å². The van der Waals surface area contributed by atoms with E-state index in [-0.39, 0.29) is 17.5 Å². The quantitative estimate of drug-likeness (QED) is 0.0683. The molecule has 0 saturated carbocycles. The van der Waals surface area contributed by atoms with E-state index in [9.17, 15) is 0 Å². The number of nitrogens with zero attached hydrogens (tertiary/aromatic N) is 3. The number of benzene rings is 2. The van der Waals surface area contributed by atoms with E-state index in [4.69, 9.17) is 16.6 Å². The first-order chi connectivity index (χ1) is 25.9. The number of para-hydroxylation sites is 2. The van der Waals surface area contributed by atoms with Crippen LogP contribution in [0.25, 0.3) is 11.4 Å². The number of hydrogen-bond acceptors (Lipinski definition) is 1. The van der Waals surface area contributed by atoms with Crippen molar-refractivity contribution in [3.63, 3.8) is 0 Å². The molecule has 0 atom stereocenters. The molecule has 0 aliphatic carbocycles. The summed E-state index contributed by atoms with van der Waals surface area (Å²) in [5, 5.41) is 0.761. The minimum atomic E-state index is 0.0114. The Hall–Kier alpha value is -2.25. The van der Waals surface area contributed by atoms with Gasteiger partial charge in [-0.05, 0) is 0 Å². The SMILES string of the molecule is CCCC(CCC)c1cccc(C(CCC)CCC)c1-n1ccn(-c2c(C(CCC)CCC)cccc2C(CCC)CCC)[c]1=[Pd][c]1ncccc1Cl. The van der Waals surface area contributed by atoms with Crippen molar-refractivity contribution < 1.29 is 17.5 Å². The molecule has 0 radical (unpaired) electrons. The van der Waals surface area contributed by atoms with Crippen molar-refractivity contribution in [2.75, 3.05) is 0 Å². The molecule has 0 spiro atoms. The van der Waals surface area contributed by atoms with Gasteiger partial charge in [0.05, 0.1) is 0 Å². The molecule has 53 heavy (non-hydrogen) atoms. The van der Waals surface area contributed by atoms with E-state index in [1.165, 1.54) is 140 Å². The second-order valence-corrected chi connectivity index (χ2v) is 17.5. The fourth-order valence-electron chi connectivity index (χ4n) is 8.88. The molecule has 0 aliphatic rings. The number of pyridine rings is 1. The number of imidazole rings is 1. The monoisotopic (exact) mass is 830 g/mol. The van der Waals surface area contributed by atoms with Crippen molar-refractivity contribution >= 4 is 15.8 Å². The first kappa shape index (κ1) is 43.5. The van der Waals surface area contributed by atoms with Gasteiger partial charge in [-0.25, -0.2) is 0 Å². The second kappa shape index (κ2) is 23.0. The molecule has 2 aromatic carbocycles. The zero-order valence-corrected chi connectivity index (χ0v) is 36.8. The van der Waals surface area contributed by atoms with Crippen molar-refractivity contribution in [1.29, 1.82) is 0 Å². The Morgan fingerprint density at radius 1 is 0.491 bits per heavy atom. The van der Waals surface area contributed by atoms with Gasteiger partial charge in [-0.15, -0.1) is 0 Å². The summed E-state index contributed by atoms with van der Waals surface area (Å²) in [6.45, 7) is 18.8. The molecule has 0 unspecified atom stereocenters. The molecule has 0 aliphatic heterocycles. The van der Waals surface area contributed by atoms with Crippen LogP contribution in [0.3, 0.4) is 0 Å². The summed E-state index contributed by atoms with van der Waals surface area (Å²) in [6, 6.07) is 18.6. The number of aromatic nitrogens is 3. The Labute approximate surface area is 337 Å². The van der Waals surface area contributed by atoms with Crippen LogP contribution in [-0.4, -0.2) is 14.1 Å². The molecule has 0 amide bonds. The molecule has 4 rings (SSSR count). The predicted molar refractivity (Wildman–Crippen MR) is 227 cm³/mol. The summed E-state index contributed by atoms with van der Waals surface area (Å²) in [4.78, 5) is 4.95.